The molecule has 0 radical (unpaired) electrons. The van der Waals surface area contributed by atoms with Gasteiger partial charge in [-0.1, -0.05) is 12.8 Å². The fourth-order valence-electron chi connectivity index (χ4n) is 2.00. The van der Waals surface area contributed by atoms with Crippen LogP contribution in [-0.4, -0.2) is 22.1 Å². The van der Waals surface area contributed by atoms with Crippen molar-refractivity contribution in [2.24, 2.45) is 0 Å². The lowest BCUT2D eigenvalue weighted by molar-refractivity contribution is 0.232. The maximum Gasteiger partial charge on any atom is 0.218 e. The summed E-state index contributed by atoms with van der Waals surface area (Å²) in [6.07, 6.45) is 6.81. The molecule has 2 rings (SSSR count). The molecule has 0 unspecified atom stereocenters. The molecule has 16 heavy (non-hydrogen) atoms. The summed E-state index contributed by atoms with van der Waals surface area (Å²) in [4.78, 5) is 8.29. The number of nitrogens with zero attached hydrogens (tertiary/aromatic N) is 2. The largest absolute Gasteiger partial charge is 0.475 e. The summed E-state index contributed by atoms with van der Waals surface area (Å²) < 4.78 is 5.53. The lowest BCUT2D eigenvalue weighted by atomic mass is 10.2. The van der Waals surface area contributed by atoms with E-state index in [-0.39, 0.29) is 6.10 Å². The van der Waals surface area contributed by atoms with E-state index in [1.54, 1.807) is 6.33 Å². The topological polar surface area (TPSA) is 47.0 Å². The molecule has 1 heterocycles. The predicted molar refractivity (Wildman–Crippen MR) is 63.7 cm³/mol. The van der Waals surface area contributed by atoms with Crippen molar-refractivity contribution in [2.75, 3.05) is 5.32 Å². The Morgan fingerprint density at radius 3 is 2.75 bits per heavy atom. The summed E-state index contributed by atoms with van der Waals surface area (Å²) in [6.45, 7) is 3.98. The van der Waals surface area contributed by atoms with Gasteiger partial charge in [0.25, 0.3) is 0 Å². The summed E-state index contributed by atoms with van der Waals surface area (Å²) >= 11 is 0. The van der Waals surface area contributed by atoms with Gasteiger partial charge in [0.05, 0.1) is 6.10 Å². The smallest absolute Gasteiger partial charge is 0.218 e. The van der Waals surface area contributed by atoms with E-state index in [1.807, 2.05) is 19.9 Å². The van der Waals surface area contributed by atoms with Crippen LogP contribution >= 0.6 is 0 Å². The van der Waals surface area contributed by atoms with Crippen molar-refractivity contribution in [1.82, 2.24) is 9.97 Å². The number of aromatic nitrogens is 2. The zero-order chi connectivity index (χ0) is 11.4. The molecule has 4 heteroatoms. The van der Waals surface area contributed by atoms with E-state index in [0.29, 0.717) is 11.9 Å². The Balaban J connectivity index is 1.97. The first kappa shape index (κ1) is 11.2. The maximum absolute atomic E-state index is 5.53. The number of nitrogens with one attached hydrogen (secondary N) is 1. The van der Waals surface area contributed by atoms with E-state index in [9.17, 15) is 0 Å². The van der Waals surface area contributed by atoms with Gasteiger partial charge >= 0.3 is 0 Å². The van der Waals surface area contributed by atoms with Gasteiger partial charge in [-0.05, 0) is 26.7 Å². The lowest BCUT2D eigenvalue weighted by Crippen LogP contribution is -2.16. The van der Waals surface area contributed by atoms with Gasteiger partial charge in [0.15, 0.2) is 0 Å². The van der Waals surface area contributed by atoms with Gasteiger partial charge in [-0.3, -0.25) is 0 Å². The molecular formula is C12H19N3O. The molecule has 0 amide bonds. The van der Waals surface area contributed by atoms with Crippen molar-refractivity contribution >= 4 is 5.82 Å². The summed E-state index contributed by atoms with van der Waals surface area (Å²) in [5, 5.41) is 3.42. The van der Waals surface area contributed by atoms with Crippen molar-refractivity contribution in [3.63, 3.8) is 0 Å². The molecule has 1 saturated carbocycles. The second kappa shape index (κ2) is 5.14. The zero-order valence-corrected chi connectivity index (χ0v) is 9.94. The Kier molecular flexibility index (Phi) is 3.59. The second-order valence-electron chi connectivity index (χ2n) is 4.53. The molecule has 0 saturated heterocycles. The third kappa shape index (κ3) is 3.08. The van der Waals surface area contributed by atoms with Crippen LogP contribution < -0.4 is 10.1 Å². The van der Waals surface area contributed by atoms with E-state index in [1.165, 1.54) is 25.7 Å². The molecule has 0 spiro atoms. The summed E-state index contributed by atoms with van der Waals surface area (Å²) in [5.74, 6) is 1.52. The van der Waals surface area contributed by atoms with Crippen LogP contribution in [-0.2, 0) is 0 Å². The fourth-order valence-corrected chi connectivity index (χ4v) is 2.00. The van der Waals surface area contributed by atoms with Crippen molar-refractivity contribution in [2.45, 2.75) is 51.7 Å². The molecule has 1 fully saturated rings. The van der Waals surface area contributed by atoms with Crippen LogP contribution in [0.3, 0.4) is 0 Å². The van der Waals surface area contributed by atoms with E-state index in [4.69, 9.17) is 4.74 Å². The number of hydrogen-bond acceptors (Lipinski definition) is 4. The predicted octanol–water partition coefficient (Wildman–Crippen LogP) is 2.62. The molecule has 4 nitrogen and oxygen atoms in total. The minimum atomic E-state index is 0.147. The Morgan fingerprint density at radius 1 is 1.31 bits per heavy atom. The molecule has 88 valence electrons. The standard InChI is InChI=1S/C12H19N3O/c1-9(2)16-12-7-11(13-8-14-12)15-10-5-3-4-6-10/h7-10H,3-6H2,1-2H3,(H,13,14,15). The molecule has 0 atom stereocenters. The highest BCUT2D eigenvalue weighted by Gasteiger charge is 2.15. The number of hydrogen-bond donors (Lipinski definition) is 1. The molecule has 1 aliphatic carbocycles. The van der Waals surface area contributed by atoms with Crippen molar-refractivity contribution in [3.8, 4) is 5.88 Å². The second-order valence-corrected chi connectivity index (χ2v) is 4.53. The van der Waals surface area contributed by atoms with Gasteiger partial charge in [0.2, 0.25) is 5.88 Å². The highest BCUT2D eigenvalue weighted by molar-refractivity contribution is 5.38. The Hall–Kier alpha value is -1.32. The average molecular weight is 221 g/mol. The highest BCUT2D eigenvalue weighted by atomic mass is 16.5. The van der Waals surface area contributed by atoms with E-state index < -0.39 is 0 Å². The summed E-state index contributed by atoms with van der Waals surface area (Å²) in [7, 11) is 0. The van der Waals surface area contributed by atoms with E-state index >= 15 is 0 Å². The minimum Gasteiger partial charge on any atom is -0.475 e. The van der Waals surface area contributed by atoms with Crippen LogP contribution in [0.5, 0.6) is 5.88 Å². The van der Waals surface area contributed by atoms with Crippen molar-refractivity contribution in [3.05, 3.63) is 12.4 Å². The normalized spacial score (nSPS) is 16.7. The first-order valence-corrected chi connectivity index (χ1v) is 5.99. The van der Waals surface area contributed by atoms with Crippen LogP contribution in [0.4, 0.5) is 5.82 Å². The quantitative estimate of drug-likeness (QED) is 0.849. The molecule has 1 aliphatic rings. The van der Waals surface area contributed by atoms with Crippen LogP contribution in [0.25, 0.3) is 0 Å². The first-order chi connectivity index (χ1) is 7.74. The first-order valence-electron chi connectivity index (χ1n) is 5.99. The molecule has 0 bridgehead atoms. The molecule has 1 aromatic rings. The third-order valence-electron chi connectivity index (χ3n) is 2.71. The zero-order valence-electron chi connectivity index (χ0n) is 9.94. The minimum absolute atomic E-state index is 0.147. The van der Waals surface area contributed by atoms with Gasteiger partial charge in [-0.2, -0.15) is 0 Å². The average Bonchev–Trinajstić information content (AvgIpc) is 2.70. The van der Waals surface area contributed by atoms with Crippen LogP contribution in [0.1, 0.15) is 39.5 Å². The third-order valence-corrected chi connectivity index (χ3v) is 2.71. The van der Waals surface area contributed by atoms with Crippen molar-refractivity contribution in [1.29, 1.82) is 0 Å². The Bertz CT molecular complexity index is 335. The van der Waals surface area contributed by atoms with E-state index in [2.05, 4.69) is 15.3 Å². The van der Waals surface area contributed by atoms with Crippen LogP contribution in [0, 0.1) is 0 Å². The van der Waals surface area contributed by atoms with E-state index in [0.717, 1.165) is 5.82 Å². The molecular weight excluding hydrogens is 202 g/mol. The van der Waals surface area contributed by atoms with Gasteiger partial charge in [0, 0.05) is 12.1 Å². The molecule has 0 aromatic carbocycles. The lowest BCUT2D eigenvalue weighted by Gasteiger charge is -2.13. The highest BCUT2D eigenvalue weighted by Crippen LogP contribution is 2.22. The van der Waals surface area contributed by atoms with Gasteiger partial charge in [-0.15, -0.1) is 0 Å². The maximum atomic E-state index is 5.53. The SMILES string of the molecule is CC(C)Oc1cc(NC2CCCC2)ncn1. The Morgan fingerprint density at radius 2 is 2.06 bits per heavy atom. The van der Waals surface area contributed by atoms with Crippen LogP contribution in [0.2, 0.25) is 0 Å². The summed E-state index contributed by atoms with van der Waals surface area (Å²) in [6, 6.07) is 2.44. The summed E-state index contributed by atoms with van der Waals surface area (Å²) in [5.41, 5.74) is 0. The number of rotatable bonds is 4. The number of ether oxygens (including phenoxy) is 1. The molecule has 1 N–H and O–H groups in total. The van der Waals surface area contributed by atoms with Gasteiger partial charge in [-0.25, -0.2) is 9.97 Å². The van der Waals surface area contributed by atoms with Crippen LogP contribution in [0.15, 0.2) is 12.4 Å². The fraction of sp³-hybridized carbons (Fsp3) is 0.667. The Labute approximate surface area is 96.4 Å². The molecule has 0 aliphatic heterocycles. The molecule has 1 aromatic heterocycles. The number of anilines is 1. The van der Waals surface area contributed by atoms with Gasteiger partial charge in [0.1, 0.15) is 12.1 Å². The monoisotopic (exact) mass is 221 g/mol. The van der Waals surface area contributed by atoms with Crippen molar-refractivity contribution < 1.29 is 4.74 Å². The van der Waals surface area contributed by atoms with Gasteiger partial charge < -0.3 is 10.1 Å².